The van der Waals surface area contributed by atoms with Gasteiger partial charge in [0.05, 0.1) is 0 Å². The lowest BCUT2D eigenvalue weighted by Gasteiger charge is -2.19. The van der Waals surface area contributed by atoms with Gasteiger partial charge < -0.3 is 5.32 Å². The lowest BCUT2D eigenvalue weighted by molar-refractivity contribution is 0.531. The van der Waals surface area contributed by atoms with Crippen molar-refractivity contribution in [1.29, 1.82) is 0 Å². The van der Waals surface area contributed by atoms with Crippen molar-refractivity contribution >= 4 is 0 Å². The second kappa shape index (κ2) is 3.74. The highest BCUT2D eigenvalue weighted by molar-refractivity contribution is 5.39. The van der Waals surface area contributed by atoms with Crippen molar-refractivity contribution in [2.45, 2.75) is 39.8 Å². The third kappa shape index (κ3) is 1.57. The van der Waals surface area contributed by atoms with E-state index in [9.17, 15) is 0 Å². The molecule has 0 saturated carbocycles. The van der Waals surface area contributed by atoms with Crippen LogP contribution in [-0.2, 0) is 13.1 Å². The third-order valence-electron chi connectivity index (χ3n) is 3.42. The predicted octanol–water partition coefficient (Wildman–Crippen LogP) is 3.05. The summed E-state index contributed by atoms with van der Waals surface area (Å²) < 4.78 is 0. The molecular formula is C13H19N. The monoisotopic (exact) mass is 189 g/mol. The Labute approximate surface area is 86.5 Å². The molecule has 0 aromatic heterocycles. The lowest BCUT2D eigenvalue weighted by atomic mass is 9.86. The SMILES string of the molecule is CC(C)[C@H](C)c1cccc2c1CNC2. The van der Waals surface area contributed by atoms with Crippen molar-refractivity contribution in [3.05, 3.63) is 34.9 Å². The molecule has 0 aliphatic carbocycles. The summed E-state index contributed by atoms with van der Waals surface area (Å²) in [5.41, 5.74) is 4.59. The number of fused-ring (bicyclic) bond motifs is 1. The van der Waals surface area contributed by atoms with Gasteiger partial charge in [0.25, 0.3) is 0 Å². The highest BCUT2D eigenvalue weighted by Gasteiger charge is 2.18. The molecule has 1 N–H and O–H groups in total. The van der Waals surface area contributed by atoms with E-state index in [1.54, 1.807) is 11.1 Å². The molecule has 1 aliphatic heterocycles. The zero-order chi connectivity index (χ0) is 10.1. The molecule has 1 heterocycles. The summed E-state index contributed by atoms with van der Waals surface area (Å²) in [6, 6.07) is 6.72. The van der Waals surface area contributed by atoms with Crippen molar-refractivity contribution in [1.82, 2.24) is 5.32 Å². The second-order valence-electron chi connectivity index (χ2n) is 4.62. The summed E-state index contributed by atoms with van der Waals surface area (Å²) in [6.45, 7) is 9.04. The van der Waals surface area contributed by atoms with Crippen LogP contribution in [0, 0.1) is 5.92 Å². The number of hydrogen-bond donors (Lipinski definition) is 1. The number of nitrogens with one attached hydrogen (secondary N) is 1. The van der Waals surface area contributed by atoms with E-state index >= 15 is 0 Å². The molecule has 76 valence electrons. The largest absolute Gasteiger partial charge is 0.309 e. The molecule has 14 heavy (non-hydrogen) atoms. The Bertz CT molecular complexity index is 328. The molecule has 1 atom stereocenters. The maximum atomic E-state index is 3.42. The van der Waals surface area contributed by atoms with Crippen molar-refractivity contribution in [2.24, 2.45) is 5.92 Å². The molecule has 0 spiro atoms. The number of hydrogen-bond acceptors (Lipinski definition) is 1. The molecule has 0 radical (unpaired) electrons. The van der Waals surface area contributed by atoms with Gasteiger partial charge in [0.15, 0.2) is 0 Å². The van der Waals surface area contributed by atoms with Crippen LogP contribution in [0.25, 0.3) is 0 Å². The maximum absolute atomic E-state index is 3.42. The first-order valence-corrected chi connectivity index (χ1v) is 5.51. The highest BCUT2D eigenvalue weighted by atomic mass is 14.9. The molecule has 0 fully saturated rings. The van der Waals surface area contributed by atoms with Gasteiger partial charge in [-0.3, -0.25) is 0 Å². The van der Waals surface area contributed by atoms with Crippen LogP contribution in [0.3, 0.4) is 0 Å². The van der Waals surface area contributed by atoms with E-state index in [1.165, 1.54) is 5.56 Å². The van der Waals surface area contributed by atoms with Gasteiger partial charge in [-0.25, -0.2) is 0 Å². The van der Waals surface area contributed by atoms with Gasteiger partial charge >= 0.3 is 0 Å². The minimum atomic E-state index is 0.671. The van der Waals surface area contributed by atoms with Gasteiger partial charge in [-0.05, 0) is 28.5 Å². The van der Waals surface area contributed by atoms with Crippen LogP contribution in [0.4, 0.5) is 0 Å². The van der Waals surface area contributed by atoms with E-state index in [1.807, 2.05) is 0 Å². The van der Waals surface area contributed by atoms with Crippen LogP contribution in [0.15, 0.2) is 18.2 Å². The Hall–Kier alpha value is -0.820. The molecule has 2 rings (SSSR count). The van der Waals surface area contributed by atoms with Crippen LogP contribution in [0.5, 0.6) is 0 Å². The molecule has 1 nitrogen and oxygen atoms in total. The quantitative estimate of drug-likeness (QED) is 0.754. The second-order valence-corrected chi connectivity index (χ2v) is 4.62. The van der Waals surface area contributed by atoms with Gasteiger partial charge in [0, 0.05) is 13.1 Å². The fourth-order valence-electron chi connectivity index (χ4n) is 2.14. The van der Waals surface area contributed by atoms with Gasteiger partial charge in [-0.15, -0.1) is 0 Å². The van der Waals surface area contributed by atoms with E-state index < -0.39 is 0 Å². The molecule has 0 amide bonds. The molecule has 0 bridgehead atoms. The summed E-state index contributed by atoms with van der Waals surface area (Å²) in [6.07, 6.45) is 0. The van der Waals surface area contributed by atoms with Gasteiger partial charge in [-0.1, -0.05) is 39.0 Å². The lowest BCUT2D eigenvalue weighted by Crippen LogP contribution is -2.06. The van der Waals surface area contributed by atoms with Gasteiger partial charge in [0.2, 0.25) is 0 Å². The van der Waals surface area contributed by atoms with Crippen LogP contribution < -0.4 is 5.32 Å². The van der Waals surface area contributed by atoms with Gasteiger partial charge in [-0.2, -0.15) is 0 Å². The molecule has 1 heteroatoms. The molecule has 1 aliphatic rings. The number of rotatable bonds is 2. The highest BCUT2D eigenvalue weighted by Crippen LogP contribution is 2.30. The average molecular weight is 189 g/mol. The standard InChI is InChI=1S/C13H19N/c1-9(2)10(3)12-6-4-5-11-7-14-8-13(11)12/h4-6,9-10,14H,7-8H2,1-3H3/t10-/m0/s1. The van der Waals surface area contributed by atoms with Gasteiger partial charge in [0.1, 0.15) is 0 Å². The zero-order valence-electron chi connectivity index (χ0n) is 9.30. The van der Waals surface area contributed by atoms with Crippen molar-refractivity contribution in [3.8, 4) is 0 Å². The van der Waals surface area contributed by atoms with Crippen LogP contribution >= 0.6 is 0 Å². The van der Waals surface area contributed by atoms with E-state index in [0.717, 1.165) is 19.0 Å². The van der Waals surface area contributed by atoms with Crippen LogP contribution in [0.1, 0.15) is 43.4 Å². The van der Waals surface area contributed by atoms with Crippen molar-refractivity contribution in [2.75, 3.05) is 0 Å². The molecule has 1 aromatic rings. The van der Waals surface area contributed by atoms with Crippen molar-refractivity contribution in [3.63, 3.8) is 0 Å². The normalized spacial score (nSPS) is 17.1. The molecule has 1 aromatic carbocycles. The van der Waals surface area contributed by atoms with Crippen LogP contribution in [0.2, 0.25) is 0 Å². The first kappa shape index (κ1) is 9.72. The Balaban J connectivity index is 2.39. The summed E-state index contributed by atoms with van der Waals surface area (Å²) in [4.78, 5) is 0. The minimum Gasteiger partial charge on any atom is -0.309 e. The predicted molar refractivity (Wildman–Crippen MR) is 60.2 cm³/mol. The van der Waals surface area contributed by atoms with E-state index in [4.69, 9.17) is 0 Å². The third-order valence-corrected chi connectivity index (χ3v) is 3.42. The summed E-state index contributed by atoms with van der Waals surface area (Å²) in [5.74, 6) is 1.40. The summed E-state index contributed by atoms with van der Waals surface area (Å²) in [7, 11) is 0. The zero-order valence-corrected chi connectivity index (χ0v) is 9.30. The average Bonchev–Trinajstić information content (AvgIpc) is 2.63. The van der Waals surface area contributed by atoms with E-state index in [-0.39, 0.29) is 0 Å². The fraction of sp³-hybridized carbons (Fsp3) is 0.538. The first-order chi connectivity index (χ1) is 6.70. The first-order valence-electron chi connectivity index (χ1n) is 5.51. The van der Waals surface area contributed by atoms with E-state index in [0.29, 0.717) is 5.92 Å². The topological polar surface area (TPSA) is 12.0 Å². The fourth-order valence-corrected chi connectivity index (χ4v) is 2.14. The Morgan fingerprint density at radius 1 is 1.14 bits per heavy atom. The minimum absolute atomic E-state index is 0.671. The number of benzene rings is 1. The molecule has 0 unspecified atom stereocenters. The summed E-state index contributed by atoms with van der Waals surface area (Å²) >= 11 is 0. The summed E-state index contributed by atoms with van der Waals surface area (Å²) in [5, 5.41) is 3.42. The molecule has 0 saturated heterocycles. The van der Waals surface area contributed by atoms with E-state index in [2.05, 4.69) is 44.3 Å². The Morgan fingerprint density at radius 2 is 1.93 bits per heavy atom. The van der Waals surface area contributed by atoms with Crippen molar-refractivity contribution < 1.29 is 0 Å². The Morgan fingerprint density at radius 3 is 2.64 bits per heavy atom. The maximum Gasteiger partial charge on any atom is 0.0214 e. The smallest absolute Gasteiger partial charge is 0.0214 e. The Kier molecular flexibility index (Phi) is 2.60. The molecular weight excluding hydrogens is 170 g/mol. The van der Waals surface area contributed by atoms with Crippen LogP contribution in [-0.4, -0.2) is 0 Å².